The minimum Gasteiger partial charge on any atom is -0.459 e. The van der Waals surface area contributed by atoms with Gasteiger partial charge in [0.25, 0.3) is 0 Å². The van der Waals surface area contributed by atoms with Gasteiger partial charge in [0.1, 0.15) is 17.9 Å². The molecule has 0 saturated carbocycles. The summed E-state index contributed by atoms with van der Waals surface area (Å²) in [6.45, 7) is 0.0489. The summed E-state index contributed by atoms with van der Waals surface area (Å²) in [4.78, 5) is 12.3. The highest BCUT2D eigenvalue weighted by Crippen LogP contribution is 2.28. The average molecular weight is 383 g/mol. The van der Waals surface area contributed by atoms with Crippen molar-refractivity contribution in [2.24, 2.45) is 0 Å². The molecule has 0 spiro atoms. The summed E-state index contributed by atoms with van der Waals surface area (Å²) in [7, 11) is 0. The third kappa shape index (κ3) is 3.50. The molecule has 0 aliphatic carbocycles. The number of fused-ring (bicyclic) bond motifs is 2. The highest BCUT2D eigenvalue weighted by molar-refractivity contribution is 5.89. The molecule has 0 N–H and O–H groups in total. The van der Waals surface area contributed by atoms with E-state index in [9.17, 15) is 4.79 Å². The zero-order chi connectivity index (χ0) is 19.6. The maximum atomic E-state index is 12.3. The number of benzene rings is 3. The van der Waals surface area contributed by atoms with Gasteiger partial charge in [0, 0.05) is 11.5 Å². The largest absolute Gasteiger partial charge is 0.459 e. The van der Waals surface area contributed by atoms with Crippen LogP contribution < -0.4 is 0 Å². The van der Waals surface area contributed by atoms with Gasteiger partial charge in [-0.25, -0.2) is 0 Å². The van der Waals surface area contributed by atoms with Crippen LogP contribution in [0.1, 0.15) is 11.3 Å². The molecular formula is C24H17NO4. The molecule has 0 fully saturated rings. The van der Waals surface area contributed by atoms with E-state index in [1.54, 1.807) is 6.07 Å². The molecule has 0 unspecified atom stereocenters. The highest BCUT2D eigenvalue weighted by atomic mass is 16.5. The first-order chi connectivity index (χ1) is 14.3. The summed E-state index contributed by atoms with van der Waals surface area (Å²) >= 11 is 0. The minimum atomic E-state index is -0.311. The fourth-order valence-corrected chi connectivity index (χ4v) is 3.41. The number of esters is 1. The van der Waals surface area contributed by atoms with Gasteiger partial charge in [-0.05, 0) is 28.5 Å². The Balaban J connectivity index is 1.26. The van der Waals surface area contributed by atoms with Crippen LogP contribution in [0.15, 0.2) is 87.8 Å². The maximum absolute atomic E-state index is 12.3. The van der Waals surface area contributed by atoms with Gasteiger partial charge < -0.3 is 13.7 Å². The van der Waals surface area contributed by atoms with Crippen molar-refractivity contribution in [3.63, 3.8) is 0 Å². The monoisotopic (exact) mass is 383 g/mol. The lowest BCUT2D eigenvalue weighted by Crippen LogP contribution is -2.08. The van der Waals surface area contributed by atoms with Gasteiger partial charge in [-0.3, -0.25) is 4.79 Å². The zero-order valence-corrected chi connectivity index (χ0v) is 15.5. The molecule has 5 rings (SSSR count). The van der Waals surface area contributed by atoms with Crippen LogP contribution in [0.4, 0.5) is 0 Å². The van der Waals surface area contributed by atoms with Crippen molar-refractivity contribution in [1.29, 1.82) is 0 Å². The zero-order valence-electron chi connectivity index (χ0n) is 15.5. The SMILES string of the molecule is O=C(Cc1cccc2ccccc12)OCc1cc(-c2cc3ccccc3o2)on1. The number of nitrogens with zero attached hydrogens (tertiary/aromatic N) is 1. The van der Waals surface area contributed by atoms with Gasteiger partial charge >= 0.3 is 5.97 Å². The van der Waals surface area contributed by atoms with Crippen LogP contribution in [0, 0.1) is 0 Å². The van der Waals surface area contributed by atoms with Crippen LogP contribution in [0.2, 0.25) is 0 Å². The molecule has 0 amide bonds. The van der Waals surface area contributed by atoms with E-state index in [-0.39, 0.29) is 19.0 Å². The molecule has 0 radical (unpaired) electrons. The quantitative estimate of drug-likeness (QED) is 0.374. The first kappa shape index (κ1) is 17.3. The van der Waals surface area contributed by atoms with Gasteiger partial charge in [-0.1, -0.05) is 65.8 Å². The third-order valence-electron chi connectivity index (χ3n) is 4.82. The molecule has 0 aliphatic heterocycles. The molecule has 0 aliphatic rings. The first-order valence-corrected chi connectivity index (χ1v) is 9.33. The van der Waals surface area contributed by atoms with Crippen LogP contribution in [0.5, 0.6) is 0 Å². The van der Waals surface area contributed by atoms with Gasteiger partial charge in [-0.2, -0.15) is 0 Å². The van der Waals surface area contributed by atoms with Gasteiger partial charge in [0.2, 0.25) is 5.76 Å². The normalized spacial score (nSPS) is 11.2. The van der Waals surface area contributed by atoms with Crippen molar-refractivity contribution < 1.29 is 18.5 Å². The van der Waals surface area contributed by atoms with E-state index in [4.69, 9.17) is 13.7 Å². The van der Waals surface area contributed by atoms with Gasteiger partial charge in [-0.15, -0.1) is 0 Å². The van der Waals surface area contributed by atoms with E-state index < -0.39 is 0 Å². The van der Waals surface area contributed by atoms with E-state index in [1.165, 1.54) is 0 Å². The predicted octanol–water partition coefficient (Wildman–Crippen LogP) is 5.53. The maximum Gasteiger partial charge on any atom is 0.310 e. The van der Waals surface area contributed by atoms with E-state index in [1.807, 2.05) is 72.8 Å². The Kier molecular flexibility index (Phi) is 4.33. The van der Waals surface area contributed by atoms with Crippen molar-refractivity contribution in [2.75, 3.05) is 0 Å². The van der Waals surface area contributed by atoms with Crippen molar-refractivity contribution in [3.05, 3.63) is 90.1 Å². The van der Waals surface area contributed by atoms with Gasteiger partial charge in [0.15, 0.2) is 5.76 Å². The molecule has 0 bridgehead atoms. The van der Waals surface area contributed by atoms with Crippen LogP contribution in [-0.4, -0.2) is 11.1 Å². The molecular weight excluding hydrogens is 366 g/mol. The van der Waals surface area contributed by atoms with E-state index in [0.29, 0.717) is 17.2 Å². The number of hydrogen-bond donors (Lipinski definition) is 0. The summed E-state index contributed by atoms with van der Waals surface area (Å²) in [6, 6.07) is 25.2. The van der Waals surface area contributed by atoms with Crippen LogP contribution >= 0.6 is 0 Å². The minimum absolute atomic E-state index is 0.0489. The molecule has 29 heavy (non-hydrogen) atoms. The number of hydrogen-bond acceptors (Lipinski definition) is 5. The Labute approximate surface area is 166 Å². The number of rotatable bonds is 5. The Bertz CT molecular complexity index is 1280. The molecule has 142 valence electrons. The number of carbonyl (C=O) groups is 1. The number of furan rings is 1. The molecule has 5 heteroatoms. The Morgan fingerprint density at radius 3 is 2.55 bits per heavy atom. The smallest absolute Gasteiger partial charge is 0.310 e. The summed E-state index contributed by atoms with van der Waals surface area (Å²) in [5.74, 6) is 0.781. The third-order valence-corrected chi connectivity index (χ3v) is 4.82. The number of para-hydroxylation sites is 1. The summed E-state index contributed by atoms with van der Waals surface area (Å²) in [6.07, 6.45) is 0.204. The number of ether oxygens (including phenoxy) is 1. The second-order valence-corrected chi connectivity index (χ2v) is 6.81. The number of carbonyl (C=O) groups excluding carboxylic acids is 1. The first-order valence-electron chi connectivity index (χ1n) is 9.33. The molecule has 5 aromatic rings. The molecule has 5 nitrogen and oxygen atoms in total. The lowest BCUT2D eigenvalue weighted by atomic mass is 10.0. The molecule has 3 aromatic carbocycles. The Morgan fingerprint density at radius 1 is 0.862 bits per heavy atom. The molecule has 0 atom stereocenters. The van der Waals surface area contributed by atoms with Crippen molar-refractivity contribution in [1.82, 2.24) is 5.16 Å². The Hall–Kier alpha value is -3.86. The lowest BCUT2D eigenvalue weighted by molar-refractivity contribution is -0.144. The van der Waals surface area contributed by atoms with E-state index >= 15 is 0 Å². The highest BCUT2D eigenvalue weighted by Gasteiger charge is 2.14. The standard InChI is InChI=1S/C24H17NO4/c26-24(13-17-9-5-8-16-6-1-3-10-20(16)17)27-15-19-14-23(29-25-19)22-12-18-7-2-4-11-21(18)28-22/h1-12,14H,13,15H2. The Morgan fingerprint density at radius 2 is 1.66 bits per heavy atom. The van der Waals surface area contributed by atoms with Crippen LogP contribution in [0.25, 0.3) is 33.3 Å². The van der Waals surface area contributed by atoms with Crippen LogP contribution in [0.3, 0.4) is 0 Å². The summed E-state index contributed by atoms with van der Waals surface area (Å²) in [5.41, 5.74) is 2.25. The summed E-state index contributed by atoms with van der Waals surface area (Å²) in [5, 5.41) is 7.13. The predicted molar refractivity (Wildman–Crippen MR) is 109 cm³/mol. The summed E-state index contributed by atoms with van der Waals surface area (Å²) < 4.78 is 16.5. The van der Waals surface area contributed by atoms with E-state index in [0.717, 1.165) is 27.3 Å². The van der Waals surface area contributed by atoms with Crippen molar-refractivity contribution in [3.8, 4) is 11.5 Å². The molecule has 0 saturated heterocycles. The molecule has 2 aromatic heterocycles. The second kappa shape index (κ2) is 7.28. The van der Waals surface area contributed by atoms with Crippen molar-refractivity contribution in [2.45, 2.75) is 13.0 Å². The lowest BCUT2D eigenvalue weighted by Gasteiger charge is -2.06. The van der Waals surface area contributed by atoms with Gasteiger partial charge in [0.05, 0.1) is 6.42 Å². The van der Waals surface area contributed by atoms with Crippen LogP contribution in [-0.2, 0) is 22.6 Å². The number of aromatic nitrogens is 1. The second-order valence-electron chi connectivity index (χ2n) is 6.81. The van der Waals surface area contributed by atoms with E-state index in [2.05, 4.69) is 5.16 Å². The average Bonchev–Trinajstić information content (AvgIpc) is 3.39. The molecule has 2 heterocycles. The fraction of sp³-hybridized carbons (Fsp3) is 0.0833. The topological polar surface area (TPSA) is 65.5 Å². The fourth-order valence-electron chi connectivity index (χ4n) is 3.41. The van der Waals surface area contributed by atoms with Crippen molar-refractivity contribution >= 4 is 27.7 Å².